The number of fused-ring (bicyclic) bond motifs is 1. The highest BCUT2D eigenvalue weighted by molar-refractivity contribution is 6.30. The summed E-state index contributed by atoms with van der Waals surface area (Å²) in [6.45, 7) is 4.79. The van der Waals surface area contributed by atoms with Gasteiger partial charge in [0.25, 0.3) is 5.91 Å². The Morgan fingerprint density at radius 3 is 2.47 bits per heavy atom. The standard InChI is InChI=1S/C20H25ClN6O3/c1-3-15(28)25-8-10-26(11-9-25)19-22-17-16(18(29)23-20(30)24(17)2)27(19)12-13-4-6-14(21)7-5-13/h4-7,16-17H,3,8-12H2,1-2H3,(H,23,29,30). The normalized spacial score (nSPS) is 24.0. The van der Waals surface area contributed by atoms with Crippen molar-refractivity contribution >= 4 is 35.4 Å². The third-order valence-corrected chi connectivity index (χ3v) is 6.07. The van der Waals surface area contributed by atoms with Gasteiger partial charge < -0.3 is 19.6 Å². The molecule has 0 aromatic heterocycles. The number of nitrogens with one attached hydrogen (secondary N) is 1. The van der Waals surface area contributed by atoms with E-state index >= 15 is 0 Å². The number of carbonyl (C=O) groups excluding carboxylic acids is 3. The molecule has 160 valence electrons. The van der Waals surface area contributed by atoms with Gasteiger partial charge in [0.15, 0.2) is 18.2 Å². The number of aliphatic imine (C=N–C) groups is 1. The predicted molar refractivity (Wildman–Crippen MR) is 112 cm³/mol. The zero-order chi connectivity index (χ0) is 21.4. The summed E-state index contributed by atoms with van der Waals surface area (Å²) in [7, 11) is 1.64. The SMILES string of the molecule is CCC(=O)N1CCN(C2=NC3C(C(=O)NC(=O)N3C)N2Cc2ccc(Cl)cc2)CC1. The fourth-order valence-corrected chi connectivity index (χ4v) is 4.24. The molecule has 1 aromatic rings. The number of imide groups is 1. The van der Waals surface area contributed by atoms with Gasteiger partial charge in [-0.05, 0) is 17.7 Å². The number of hydrogen-bond donors (Lipinski definition) is 1. The molecule has 2 fully saturated rings. The zero-order valence-corrected chi connectivity index (χ0v) is 17.8. The van der Waals surface area contributed by atoms with Crippen LogP contribution < -0.4 is 5.32 Å². The number of amides is 4. The molecule has 0 bridgehead atoms. The number of rotatable bonds is 3. The van der Waals surface area contributed by atoms with E-state index in [0.29, 0.717) is 50.1 Å². The lowest BCUT2D eigenvalue weighted by Crippen LogP contribution is -2.64. The topological polar surface area (TPSA) is 88.6 Å². The minimum atomic E-state index is -0.603. The first kappa shape index (κ1) is 20.5. The number of nitrogens with zero attached hydrogens (tertiary/aromatic N) is 5. The number of likely N-dealkylation sites (N-methyl/N-ethyl adjacent to an activating group) is 1. The molecule has 0 aliphatic carbocycles. The summed E-state index contributed by atoms with van der Waals surface area (Å²) in [5.41, 5.74) is 0.986. The Labute approximate surface area is 180 Å². The minimum Gasteiger partial charge on any atom is -0.339 e. The molecule has 2 atom stereocenters. The van der Waals surface area contributed by atoms with Crippen LogP contribution in [0.1, 0.15) is 18.9 Å². The van der Waals surface area contributed by atoms with E-state index < -0.39 is 18.2 Å². The first-order valence-corrected chi connectivity index (χ1v) is 10.5. The van der Waals surface area contributed by atoms with Gasteiger partial charge in [-0.15, -0.1) is 0 Å². The van der Waals surface area contributed by atoms with Crippen molar-refractivity contribution in [2.75, 3.05) is 33.2 Å². The number of halogens is 1. The molecular formula is C20H25ClN6O3. The van der Waals surface area contributed by atoms with Crippen molar-refractivity contribution in [3.05, 3.63) is 34.9 Å². The summed E-state index contributed by atoms with van der Waals surface area (Å²) in [4.78, 5) is 49.0. The number of hydrogen-bond acceptors (Lipinski definition) is 6. The van der Waals surface area contributed by atoms with Gasteiger partial charge in [0, 0.05) is 51.2 Å². The van der Waals surface area contributed by atoms with Crippen LogP contribution in [0.2, 0.25) is 5.02 Å². The van der Waals surface area contributed by atoms with Gasteiger partial charge in [0.05, 0.1) is 0 Å². The second-order valence-corrected chi connectivity index (χ2v) is 8.11. The first-order valence-electron chi connectivity index (χ1n) is 10.1. The zero-order valence-electron chi connectivity index (χ0n) is 17.0. The van der Waals surface area contributed by atoms with Crippen LogP contribution in [0.3, 0.4) is 0 Å². The molecule has 1 aromatic carbocycles. The van der Waals surface area contributed by atoms with E-state index in [1.165, 1.54) is 4.90 Å². The Hall–Kier alpha value is -2.81. The third-order valence-electron chi connectivity index (χ3n) is 5.82. The molecule has 1 N–H and O–H groups in total. The number of guanidine groups is 1. The molecular weight excluding hydrogens is 408 g/mol. The molecule has 0 spiro atoms. The van der Waals surface area contributed by atoms with Crippen LogP contribution in [0.5, 0.6) is 0 Å². The lowest BCUT2D eigenvalue weighted by Gasteiger charge is -2.40. The molecule has 4 amide bonds. The molecule has 2 saturated heterocycles. The van der Waals surface area contributed by atoms with Crippen LogP contribution >= 0.6 is 11.6 Å². The average molecular weight is 433 g/mol. The van der Waals surface area contributed by atoms with E-state index in [4.69, 9.17) is 16.6 Å². The highest BCUT2D eigenvalue weighted by Gasteiger charge is 2.49. The van der Waals surface area contributed by atoms with Crippen molar-refractivity contribution < 1.29 is 14.4 Å². The maximum Gasteiger partial charge on any atom is 0.325 e. The smallest absolute Gasteiger partial charge is 0.325 e. The summed E-state index contributed by atoms with van der Waals surface area (Å²) in [5.74, 6) is 0.468. The number of urea groups is 1. The highest BCUT2D eigenvalue weighted by atomic mass is 35.5. The summed E-state index contributed by atoms with van der Waals surface area (Å²) >= 11 is 6.01. The number of piperazine rings is 1. The molecule has 30 heavy (non-hydrogen) atoms. The number of carbonyl (C=O) groups is 3. The van der Waals surface area contributed by atoms with Gasteiger partial charge >= 0.3 is 6.03 Å². The van der Waals surface area contributed by atoms with Gasteiger partial charge in [-0.3, -0.25) is 14.9 Å². The van der Waals surface area contributed by atoms with Crippen LogP contribution in [-0.4, -0.2) is 88.8 Å². The van der Waals surface area contributed by atoms with Crippen molar-refractivity contribution in [3.8, 4) is 0 Å². The Balaban J connectivity index is 1.60. The van der Waals surface area contributed by atoms with E-state index in [0.717, 1.165) is 5.56 Å². The van der Waals surface area contributed by atoms with Crippen LogP contribution in [0, 0.1) is 0 Å². The second kappa shape index (κ2) is 8.14. The lowest BCUT2D eigenvalue weighted by atomic mass is 10.1. The first-order chi connectivity index (χ1) is 14.4. The van der Waals surface area contributed by atoms with Gasteiger partial charge in [0.2, 0.25) is 5.91 Å². The molecule has 3 aliphatic heterocycles. The van der Waals surface area contributed by atoms with Crippen molar-refractivity contribution in [2.45, 2.75) is 32.1 Å². The molecule has 9 nitrogen and oxygen atoms in total. The van der Waals surface area contributed by atoms with Crippen LogP contribution in [-0.2, 0) is 16.1 Å². The third kappa shape index (κ3) is 3.69. The molecule has 4 rings (SSSR count). The van der Waals surface area contributed by atoms with E-state index in [1.54, 1.807) is 7.05 Å². The van der Waals surface area contributed by atoms with Crippen molar-refractivity contribution in [1.29, 1.82) is 0 Å². The van der Waals surface area contributed by atoms with Crippen molar-refractivity contribution in [2.24, 2.45) is 4.99 Å². The molecule has 0 radical (unpaired) electrons. The van der Waals surface area contributed by atoms with E-state index in [-0.39, 0.29) is 11.8 Å². The lowest BCUT2D eigenvalue weighted by molar-refractivity contribution is -0.132. The molecule has 3 aliphatic rings. The Morgan fingerprint density at radius 1 is 1.17 bits per heavy atom. The Kier molecular flexibility index (Phi) is 5.55. The maximum atomic E-state index is 12.7. The fraction of sp³-hybridized carbons (Fsp3) is 0.500. The summed E-state index contributed by atoms with van der Waals surface area (Å²) in [5, 5.41) is 3.06. The minimum absolute atomic E-state index is 0.138. The largest absolute Gasteiger partial charge is 0.339 e. The summed E-state index contributed by atoms with van der Waals surface area (Å²) in [6.07, 6.45) is -0.0928. The maximum absolute atomic E-state index is 12.7. The second-order valence-electron chi connectivity index (χ2n) is 7.67. The Morgan fingerprint density at radius 2 is 1.83 bits per heavy atom. The van der Waals surface area contributed by atoms with E-state index in [2.05, 4.69) is 10.2 Å². The van der Waals surface area contributed by atoms with Crippen molar-refractivity contribution in [3.63, 3.8) is 0 Å². The summed E-state index contributed by atoms with van der Waals surface area (Å²) in [6, 6.07) is 6.41. The van der Waals surface area contributed by atoms with Gasteiger partial charge in [-0.1, -0.05) is 30.7 Å². The molecule has 2 unspecified atom stereocenters. The van der Waals surface area contributed by atoms with E-state index in [1.807, 2.05) is 41.0 Å². The molecule has 10 heteroatoms. The quantitative estimate of drug-likeness (QED) is 0.768. The fourth-order valence-electron chi connectivity index (χ4n) is 4.11. The van der Waals surface area contributed by atoms with Gasteiger partial charge in [0.1, 0.15) is 0 Å². The number of benzene rings is 1. The summed E-state index contributed by atoms with van der Waals surface area (Å²) < 4.78 is 0. The van der Waals surface area contributed by atoms with Gasteiger partial charge in [-0.25, -0.2) is 9.79 Å². The van der Waals surface area contributed by atoms with E-state index in [9.17, 15) is 14.4 Å². The van der Waals surface area contributed by atoms with Crippen LogP contribution in [0.15, 0.2) is 29.3 Å². The molecule has 3 heterocycles. The highest BCUT2D eigenvalue weighted by Crippen LogP contribution is 2.28. The van der Waals surface area contributed by atoms with Gasteiger partial charge in [-0.2, -0.15) is 0 Å². The predicted octanol–water partition coefficient (Wildman–Crippen LogP) is 0.942. The van der Waals surface area contributed by atoms with Crippen molar-refractivity contribution in [1.82, 2.24) is 24.9 Å². The molecule has 0 saturated carbocycles. The average Bonchev–Trinajstić information content (AvgIpc) is 3.13. The Bertz CT molecular complexity index is 881. The monoisotopic (exact) mass is 432 g/mol. The van der Waals surface area contributed by atoms with Crippen LogP contribution in [0.25, 0.3) is 0 Å². The van der Waals surface area contributed by atoms with Crippen LogP contribution in [0.4, 0.5) is 4.79 Å².